The number of rotatable bonds is 5. The Kier molecular flexibility index (Phi) is 5.45. The molecule has 112 valence electrons. The molecule has 0 saturated carbocycles. The second kappa shape index (κ2) is 7.75. The number of carbonyl (C=O) groups excluding carboxylic acids is 2. The van der Waals surface area contributed by atoms with Gasteiger partial charge in [-0.1, -0.05) is 42.5 Å². The minimum atomic E-state index is -0.318. The van der Waals surface area contributed by atoms with Crippen molar-refractivity contribution in [1.29, 1.82) is 0 Å². The van der Waals surface area contributed by atoms with Crippen LogP contribution in [0.4, 0.5) is 11.4 Å². The van der Waals surface area contributed by atoms with E-state index in [0.29, 0.717) is 11.4 Å². The highest BCUT2D eigenvalue weighted by Gasteiger charge is 2.06. The summed E-state index contributed by atoms with van der Waals surface area (Å²) in [7, 11) is 0. The highest BCUT2D eigenvalue weighted by molar-refractivity contribution is 6.05. The Morgan fingerprint density at radius 3 is 2.14 bits per heavy atom. The normalized spacial score (nSPS) is 10.4. The maximum atomic E-state index is 12.0. The smallest absolute Gasteiger partial charge is 0.248 e. The van der Waals surface area contributed by atoms with Crippen LogP contribution in [0.1, 0.15) is 5.56 Å². The van der Waals surface area contributed by atoms with Crippen LogP contribution in [0, 0.1) is 0 Å². The number of amides is 2. The molecular formula is C17H17N3O2. The summed E-state index contributed by atoms with van der Waals surface area (Å²) < 4.78 is 0. The molecule has 0 atom stereocenters. The summed E-state index contributed by atoms with van der Waals surface area (Å²) >= 11 is 0. The van der Waals surface area contributed by atoms with Gasteiger partial charge in [-0.3, -0.25) is 9.59 Å². The highest BCUT2D eigenvalue weighted by atomic mass is 16.2. The highest BCUT2D eigenvalue weighted by Crippen LogP contribution is 2.20. The lowest BCUT2D eigenvalue weighted by Gasteiger charge is -2.10. The third kappa shape index (κ3) is 4.57. The Morgan fingerprint density at radius 2 is 1.50 bits per heavy atom. The van der Waals surface area contributed by atoms with Gasteiger partial charge in [-0.2, -0.15) is 0 Å². The first-order valence-corrected chi connectivity index (χ1v) is 6.82. The van der Waals surface area contributed by atoms with Crippen molar-refractivity contribution < 1.29 is 9.59 Å². The largest absolute Gasteiger partial charge is 0.323 e. The molecule has 0 aliphatic heterocycles. The first-order valence-electron chi connectivity index (χ1n) is 6.82. The fourth-order valence-corrected chi connectivity index (χ4v) is 1.81. The van der Waals surface area contributed by atoms with Crippen LogP contribution in [0.2, 0.25) is 0 Å². The van der Waals surface area contributed by atoms with Crippen LogP contribution in [0.3, 0.4) is 0 Å². The summed E-state index contributed by atoms with van der Waals surface area (Å²) in [4.78, 5) is 23.3. The predicted molar refractivity (Wildman–Crippen MR) is 88.2 cm³/mol. The monoisotopic (exact) mass is 295 g/mol. The Morgan fingerprint density at radius 1 is 0.909 bits per heavy atom. The van der Waals surface area contributed by atoms with E-state index in [1.54, 1.807) is 30.3 Å². The van der Waals surface area contributed by atoms with E-state index in [4.69, 9.17) is 5.73 Å². The molecule has 0 unspecified atom stereocenters. The molecule has 0 bridgehead atoms. The van der Waals surface area contributed by atoms with Crippen LogP contribution in [0.15, 0.2) is 60.7 Å². The van der Waals surface area contributed by atoms with Crippen LogP contribution >= 0.6 is 0 Å². The lowest BCUT2D eigenvalue weighted by molar-refractivity contribution is -0.115. The van der Waals surface area contributed by atoms with E-state index in [9.17, 15) is 9.59 Å². The minimum absolute atomic E-state index is 0.115. The van der Waals surface area contributed by atoms with E-state index in [2.05, 4.69) is 10.6 Å². The van der Waals surface area contributed by atoms with Crippen molar-refractivity contribution in [3.05, 3.63) is 66.2 Å². The molecular weight excluding hydrogens is 278 g/mol. The summed E-state index contributed by atoms with van der Waals surface area (Å²) in [5.41, 5.74) is 7.24. The molecule has 5 nitrogen and oxygen atoms in total. The second-order valence-electron chi connectivity index (χ2n) is 4.53. The van der Waals surface area contributed by atoms with Crippen LogP contribution in [-0.2, 0) is 9.59 Å². The summed E-state index contributed by atoms with van der Waals surface area (Å²) in [6.45, 7) is -0.115. The van der Waals surface area contributed by atoms with Crippen molar-refractivity contribution in [1.82, 2.24) is 0 Å². The number of hydrogen-bond acceptors (Lipinski definition) is 3. The molecule has 0 radical (unpaired) electrons. The number of carbonyl (C=O) groups is 2. The van der Waals surface area contributed by atoms with Gasteiger partial charge in [0, 0.05) is 6.08 Å². The van der Waals surface area contributed by atoms with Gasteiger partial charge in [-0.25, -0.2) is 0 Å². The molecule has 0 heterocycles. The van der Waals surface area contributed by atoms with Gasteiger partial charge in [0.25, 0.3) is 0 Å². The van der Waals surface area contributed by atoms with Gasteiger partial charge in [-0.05, 0) is 23.8 Å². The predicted octanol–water partition coefficient (Wildman–Crippen LogP) is 2.24. The van der Waals surface area contributed by atoms with Gasteiger partial charge >= 0.3 is 0 Å². The standard InChI is InChI=1S/C17H17N3O2/c18-12-17(22)20-15-9-5-4-8-14(15)19-16(21)11-10-13-6-2-1-3-7-13/h1-11H,12,18H2,(H,19,21)(H,20,22)/b11-10+. The fraction of sp³-hybridized carbons (Fsp3) is 0.0588. The number of hydrogen-bond donors (Lipinski definition) is 3. The lowest BCUT2D eigenvalue weighted by Crippen LogP contribution is -2.22. The molecule has 5 heteroatoms. The maximum absolute atomic E-state index is 12.0. The molecule has 0 aliphatic carbocycles. The molecule has 0 fully saturated rings. The summed E-state index contributed by atoms with van der Waals surface area (Å²) in [5, 5.41) is 5.37. The Balaban J connectivity index is 2.05. The van der Waals surface area contributed by atoms with Gasteiger partial charge in [0.05, 0.1) is 17.9 Å². The topological polar surface area (TPSA) is 84.2 Å². The first kappa shape index (κ1) is 15.5. The van der Waals surface area contributed by atoms with Crippen molar-refractivity contribution in [2.45, 2.75) is 0 Å². The summed E-state index contributed by atoms with van der Waals surface area (Å²) in [5.74, 6) is -0.597. The molecule has 4 N–H and O–H groups in total. The van der Waals surface area contributed by atoms with Crippen molar-refractivity contribution >= 4 is 29.3 Å². The molecule has 2 amide bonds. The number of anilines is 2. The van der Waals surface area contributed by atoms with E-state index in [1.165, 1.54) is 6.08 Å². The summed E-state index contributed by atoms with van der Waals surface area (Å²) in [6, 6.07) is 16.5. The number of nitrogens with two attached hydrogens (primary N) is 1. The molecule has 2 aromatic rings. The van der Waals surface area contributed by atoms with E-state index in [0.717, 1.165) is 5.56 Å². The van der Waals surface area contributed by atoms with Crippen molar-refractivity contribution in [3.8, 4) is 0 Å². The van der Waals surface area contributed by atoms with Crippen LogP contribution in [0.5, 0.6) is 0 Å². The molecule has 0 aromatic heterocycles. The molecule has 2 aromatic carbocycles. The zero-order valence-electron chi connectivity index (χ0n) is 12.0. The van der Waals surface area contributed by atoms with Crippen LogP contribution in [-0.4, -0.2) is 18.4 Å². The number of nitrogens with one attached hydrogen (secondary N) is 2. The summed E-state index contributed by atoms with van der Waals surface area (Å²) in [6.07, 6.45) is 3.16. The third-order valence-corrected chi connectivity index (χ3v) is 2.87. The number of benzene rings is 2. The lowest BCUT2D eigenvalue weighted by atomic mass is 10.2. The number of para-hydroxylation sites is 2. The fourth-order valence-electron chi connectivity index (χ4n) is 1.81. The minimum Gasteiger partial charge on any atom is -0.323 e. The van der Waals surface area contributed by atoms with Crippen molar-refractivity contribution in [3.63, 3.8) is 0 Å². The molecule has 0 spiro atoms. The van der Waals surface area contributed by atoms with E-state index in [-0.39, 0.29) is 18.4 Å². The maximum Gasteiger partial charge on any atom is 0.248 e. The second-order valence-corrected chi connectivity index (χ2v) is 4.53. The van der Waals surface area contributed by atoms with Gasteiger partial charge in [0.2, 0.25) is 11.8 Å². The van der Waals surface area contributed by atoms with Gasteiger partial charge in [0.1, 0.15) is 0 Å². The Bertz CT molecular complexity index is 681. The molecule has 0 saturated heterocycles. The van der Waals surface area contributed by atoms with Crippen LogP contribution < -0.4 is 16.4 Å². The van der Waals surface area contributed by atoms with Gasteiger partial charge in [-0.15, -0.1) is 0 Å². The average Bonchev–Trinajstić information content (AvgIpc) is 2.55. The van der Waals surface area contributed by atoms with E-state index in [1.807, 2.05) is 30.3 Å². The van der Waals surface area contributed by atoms with Crippen molar-refractivity contribution in [2.24, 2.45) is 5.73 Å². The average molecular weight is 295 g/mol. The Labute approximate surface area is 128 Å². The zero-order chi connectivity index (χ0) is 15.8. The first-order chi connectivity index (χ1) is 10.7. The van der Waals surface area contributed by atoms with Crippen molar-refractivity contribution in [2.75, 3.05) is 17.2 Å². The van der Waals surface area contributed by atoms with Gasteiger partial charge < -0.3 is 16.4 Å². The van der Waals surface area contributed by atoms with Gasteiger partial charge in [0.15, 0.2) is 0 Å². The SMILES string of the molecule is NCC(=O)Nc1ccccc1NC(=O)/C=C/c1ccccc1. The molecule has 22 heavy (non-hydrogen) atoms. The molecule has 2 rings (SSSR count). The zero-order valence-corrected chi connectivity index (χ0v) is 12.0. The Hall–Kier alpha value is -2.92. The van der Waals surface area contributed by atoms with E-state index < -0.39 is 0 Å². The van der Waals surface area contributed by atoms with Crippen LogP contribution in [0.25, 0.3) is 6.08 Å². The third-order valence-electron chi connectivity index (χ3n) is 2.87. The quantitative estimate of drug-likeness (QED) is 0.740. The van der Waals surface area contributed by atoms with E-state index >= 15 is 0 Å². The molecule has 0 aliphatic rings.